The first-order valence-corrected chi connectivity index (χ1v) is 7.36. The molecule has 1 aromatic heterocycles. The van der Waals surface area contributed by atoms with Crippen molar-refractivity contribution in [1.29, 1.82) is 0 Å². The minimum absolute atomic E-state index is 0.00916. The summed E-state index contributed by atoms with van der Waals surface area (Å²) in [5.41, 5.74) is 2.91. The van der Waals surface area contributed by atoms with E-state index in [0.717, 1.165) is 28.0 Å². The van der Waals surface area contributed by atoms with Crippen molar-refractivity contribution in [3.8, 4) is 0 Å². The molecule has 5 heteroatoms. The molecule has 0 aliphatic carbocycles. The van der Waals surface area contributed by atoms with Crippen LogP contribution in [0.3, 0.4) is 0 Å². The van der Waals surface area contributed by atoms with Crippen LogP contribution in [0, 0.1) is 0 Å². The molecule has 0 fully saturated rings. The molecule has 0 amide bonds. The molecule has 0 radical (unpaired) electrons. The van der Waals surface area contributed by atoms with E-state index in [2.05, 4.69) is 22.6 Å². The molecule has 0 aliphatic heterocycles. The monoisotopic (exact) mass is 296 g/mol. The lowest BCUT2D eigenvalue weighted by molar-refractivity contribution is 0.418. The van der Waals surface area contributed by atoms with Crippen LogP contribution >= 0.6 is 12.2 Å². The molecular weight excluding hydrogens is 280 g/mol. The van der Waals surface area contributed by atoms with E-state index in [1.807, 2.05) is 59.3 Å². The predicted octanol–water partition coefficient (Wildman–Crippen LogP) is 3.31. The number of hydrogen-bond acceptors (Lipinski definition) is 3. The summed E-state index contributed by atoms with van der Waals surface area (Å²) in [5, 5.41) is 11.8. The molecule has 21 heavy (non-hydrogen) atoms. The number of fused-ring (bicyclic) bond motifs is 1. The fourth-order valence-corrected chi connectivity index (χ4v) is 2.55. The molecule has 2 aromatic carbocycles. The Kier molecular flexibility index (Phi) is 3.92. The number of hydrogen-bond donors (Lipinski definition) is 1. The Hall–Kier alpha value is -2.27. The van der Waals surface area contributed by atoms with E-state index in [4.69, 9.17) is 12.2 Å². The second kappa shape index (κ2) is 6.01. The first kappa shape index (κ1) is 13.7. The number of rotatable bonds is 4. The molecule has 3 aromatic rings. The third-order valence-electron chi connectivity index (χ3n) is 3.39. The topological polar surface area (TPSA) is 42.7 Å². The highest BCUT2D eigenvalue weighted by Gasteiger charge is 2.15. The van der Waals surface area contributed by atoms with Gasteiger partial charge < -0.3 is 5.32 Å². The zero-order valence-electron chi connectivity index (χ0n) is 11.7. The SMILES string of the molecule is CCC(NC(=S)c1ccccc1)n1nnc2ccccc21. The van der Waals surface area contributed by atoms with E-state index < -0.39 is 0 Å². The lowest BCUT2D eigenvalue weighted by atomic mass is 10.2. The summed E-state index contributed by atoms with van der Waals surface area (Å²) in [4.78, 5) is 0.724. The van der Waals surface area contributed by atoms with Crippen LogP contribution in [0.1, 0.15) is 25.1 Å². The first-order valence-electron chi connectivity index (χ1n) is 6.95. The second-order valence-electron chi connectivity index (χ2n) is 4.79. The molecule has 0 saturated carbocycles. The molecule has 4 nitrogen and oxygen atoms in total. The van der Waals surface area contributed by atoms with E-state index in [1.54, 1.807) is 0 Å². The number of para-hydroxylation sites is 1. The Morgan fingerprint density at radius 1 is 1.14 bits per heavy atom. The van der Waals surface area contributed by atoms with Gasteiger partial charge in [-0.3, -0.25) is 0 Å². The van der Waals surface area contributed by atoms with Gasteiger partial charge in [0.05, 0.1) is 5.52 Å². The van der Waals surface area contributed by atoms with Gasteiger partial charge in [0.25, 0.3) is 0 Å². The van der Waals surface area contributed by atoms with Crippen LogP contribution in [0.4, 0.5) is 0 Å². The minimum Gasteiger partial charge on any atom is -0.354 e. The van der Waals surface area contributed by atoms with Crippen molar-refractivity contribution in [2.75, 3.05) is 0 Å². The van der Waals surface area contributed by atoms with E-state index >= 15 is 0 Å². The average Bonchev–Trinajstić information content (AvgIpc) is 2.97. The van der Waals surface area contributed by atoms with Crippen LogP contribution in [0.15, 0.2) is 54.6 Å². The lowest BCUT2D eigenvalue weighted by Crippen LogP contribution is -2.32. The van der Waals surface area contributed by atoms with Gasteiger partial charge >= 0.3 is 0 Å². The smallest absolute Gasteiger partial charge is 0.123 e. The Morgan fingerprint density at radius 2 is 1.86 bits per heavy atom. The van der Waals surface area contributed by atoms with Gasteiger partial charge in [-0.15, -0.1) is 5.10 Å². The maximum atomic E-state index is 5.49. The highest BCUT2D eigenvalue weighted by molar-refractivity contribution is 7.80. The molecule has 3 rings (SSSR count). The fraction of sp³-hybridized carbons (Fsp3) is 0.188. The number of nitrogens with zero attached hydrogens (tertiary/aromatic N) is 3. The summed E-state index contributed by atoms with van der Waals surface area (Å²) >= 11 is 5.49. The largest absolute Gasteiger partial charge is 0.354 e. The highest BCUT2D eigenvalue weighted by atomic mass is 32.1. The molecule has 0 aliphatic rings. The van der Waals surface area contributed by atoms with Gasteiger partial charge in [-0.2, -0.15) is 0 Å². The van der Waals surface area contributed by atoms with Gasteiger partial charge in [0.15, 0.2) is 0 Å². The number of aromatic nitrogens is 3. The molecule has 1 unspecified atom stereocenters. The van der Waals surface area contributed by atoms with Crippen LogP contribution in [-0.2, 0) is 0 Å². The van der Waals surface area contributed by atoms with Crippen LogP contribution in [0.2, 0.25) is 0 Å². The number of nitrogens with one attached hydrogen (secondary N) is 1. The normalized spacial score (nSPS) is 12.2. The predicted molar refractivity (Wildman–Crippen MR) is 88.1 cm³/mol. The van der Waals surface area contributed by atoms with Crippen LogP contribution in [-0.4, -0.2) is 20.0 Å². The Bertz CT molecular complexity index is 751. The quantitative estimate of drug-likeness (QED) is 0.750. The Balaban J connectivity index is 1.87. The van der Waals surface area contributed by atoms with Crippen LogP contribution in [0.25, 0.3) is 11.0 Å². The van der Waals surface area contributed by atoms with E-state index in [1.165, 1.54) is 0 Å². The van der Waals surface area contributed by atoms with Gasteiger partial charge in [0.2, 0.25) is 0 Å². The van der Waals surface area contributed by atoms with Crippen molar-refractivity contribution < 1.29 is 0 Å². The van der Waals surface area contributed by atoms with E-state index in [-0.39, 0.29) is 6.17 Å². The van der Waals surface area contributed by atoms with Crippen molar-refractivity contribution in [2.24, 2.45) is 0 Å². The van der Waals surface area contributed by atoms with Gasteiger partial charge in [-0.05, 0) is 18.6 Å². The summed E-state index contributed by atoms with van der Waals surface area (Å²) in [6.07, 6.45) is 0.852. The van der Waals surface area contributed by atoms with Crippen molar-refractivity contribution in [1.82, 2.24) is 20.3 Å². The maximum Gasteiger partial charge on any atom is 0.123 e. The van der Waals surface area contributed by atoms with Gasteiger partial charge in [-0.1, -0.05) is 66.8 Å². The average molecular weight is 296 g/mol. The lowest BCUT2D eigenvalue weighted by Gasteiger charge is -2.19. The van der Waals surface area contributed by atoms with Gasteiger partial charge in [0.1, 0.15) is 16.7 Å². The van der Waals surface area contributed by atoms with Crippen molar-refractivity contribution in [3.63, 3.8) is 0 Å². The molecular formula is C16H16N4S. The van der Waals surface area contributed by atoms with E-state index in [0.29, 0.717) is 0 Å². The summed E-state index contributed by atoms with van der Waals surface area (Å²) in [7, 11) is 0. The molecule has 0 bridgehead atoms. The zero-order chi connectivity index (χ0) is 14.7. The molecule has 1 heterocycles. The summed E-state index contributed by atoms with van der Waals surface area (Å²) in [6.45, 7) is 2.10. The molecule has 0 saturated heterocycles. The third kappa shape index (κ3) is 2.78. The van der Waals surface area contributed by atoms with E-state index in [9.17, 15) is 0 Å². The number of thiocarbonyl (C=S) groups is 1. The van der Waals surface area contributed by atoms with Crippen molar-refractivity contribution >= 4 is 28.2 Å². The van der Waals surface area contributed by atoms with Crippen molar-refractivity contribution in [2.45, 2.75) is 19.5 Å². The summed E-state index contributed by atoms with van der Waals surface area (Å²) in [6, 6.07) is 17.9. The van der Waals surface area contributed by atoms with Crippen molar-refractivity contribution in [3.05, 3.63) is 60.2 Å². The zero-order valence-corrected chi connectivity index (χ0v) is 12.5. The second-order valence-corrected chi connectivity index (χ2v) is 5.19. The minimum atomic E-state index is -0.00916. The highest BCUT2D eigenvalue weighted by Crippen LogP contribution is 2.16. The molecule has 0 spiro atoms. The van der Waals surface area contributed by atoms with Gasteiger partial charge in [0, 0.05) is 5.56 Å². The summed E-state index contributed by atoms with van der Waals surface area (Å²) in [5.74, 6) is 0. The van der Waals surface area contributed by atoms with Gasteiger partial charge in [-0.25, -0.2) is 4.68 Å². The number of benzene rings is 2. The fourth-order valence-electron chi connectivity index (χ4n) is 2.28. The summed E-state index contributed by atoms with van der Waals surface area (Å²) < 4.78 is 1.89. The molecule has 106 valence electrons. The molecule has 1 atom stereocenters. The first-order chi connectivity index (χ1) is 10.3. The Labute approximate surface area is 128 Å². The maximum absolute atomic E-state index is 5.49. The third-order valence-corrected chi connectivity index (χ3v) is 3.75. The standard InChI is InChI=1S/C16H16N4S/c1-2-15(17-16(21)12-8-4-3-5-9-12)20-14-11-7-6-10-13(14)18-19-20/h3-11,15H,2H2,1H3,(H,17,21). The van der Waals surface area contributed by atoms with Crippen LogP contribution in [0.5, 0.6) is 0 Å². The molecule has 1 N–H and O–H groups in total. The van der Waals surface area contributed by atoms with Crippen LogP contribution < -0.4 is 5.32 Å². The Morgan fingerprint density at radius 3 is 2.62 bits per heavy atom.